The molecule has 0 aliphatic rings. The van der Waals surface area contributed by atoms with Gasteiger partial charge in [0.05, 0.1) is 19.1 Å². The molecule has 1 atom stereocenters. The molecule has 0 bridgehead atoms. The van der Waals surface area contributed by atoms with E-state index in [0.29, 0.717) is 0 Å². The number of aliphatic hydroxyl groups is 2. The first kappa shape index (κ1) is 11.1. The first-order valence-electron chi connectivity index (χ1n) is 3.61. The number of nitrogens with one attached hydrogen (secondary N) is 1. The van der Waals surface area contributed by atoms with Crippen LogP contribution in [0.1, 0.15) is 13.3 Å². The minimum absolute atomic E-state index is 0.0252. The first-order chi connectivity index (χ1) is 5.56. The summed E-state index contributed by atoms with van der Waals surface area (Å²) in [6.45, 7) is 0.880. The van der Waals surface area contributed by atoms with E-state index in [1.165, 1.54) is 6.92 Å². The van der Waals surface area contributed by atoms with E-state index in [1.807, 2.05) is 0 Å². The third-order valence-corrected chi connectivity index (χ3v) is 1.16. The van der Waals surface area contributed by atoms with Gasteiger partial charge < -0.3 is 15.5 Å². The summed E-state index contributed by atoms with van der Waals surface area (Å²) in [7, 11) is 0. The Kier molecular flexibility index (Phi) is 5.23. The Hall–Kier alpha value is -0.940. The van der Waals surface area contributed by atoms with Gasteiger partial charge in [-0.15, -0.1) is 0 Å². The fourth-order valence-electron chi connectivity index (χ4n) is 0.585. The zero-order valence-corrected chi connectivity index (χ0v) is 6.91. The molecule has 0 aromatic carbocycles. The van der Waals surface area contributed by atoms with Crippen molar-refractivity contribution in [2.45, 2.75) is 19.4 Å². The van der Waals surface area contributed by atoms with Crippen molar-refractivity contribution in [3.8, 4) is 0 Å². The summed E-state index contributed by atoms with van der Waals surface area (Å²) < 4.78 is 0. The number of aliphatic hydroxyl groups excluding tert-OH is 2. The van der Waals surface area contributed by atoms with E-state index in [2.05, 4.69) is 5.32 Å². The van der Waals surface area contributed by atoms with Crippen molar-refractivity contribution in [3.05, 3.63) is 0 Å². The normalized spacial score (nSPS) is 12.2. The Labute approximate surface area is 70.4 Å². The van der Waals surface area contributed by atoms with Gasteiger partial charge in [0.2, 0.25) is 5.91 Å². The van der Waals surface area contributed by atoms with Gasteiger partial charge in [0.1, 0.15) is 5.78 Å². The van der Waals surface area contributed by atoms with Gasteiger partial charge in [-0.2, -0.15) is 0 Å². The van der Waals surface area contributed by atoms with Gasteiger partial charge in [0.25, 0.3) is 0 Å². The topological polar surface area (TPSA) is 86.6 Å². The van der Waals surface area contributed by atoms with Crippen LogP contribution in [0.5, 0.6) is 0 Å². The van der Waals surface area contributed by atoms with Crippen LogP contribution in [0.3, 0.4) is 0 Å². The highest BCUT2D eigenvalue weighted by atomic mass is 16.3. The van der Waals surface area contributed by atoms with E-state index in [9.17, 15) is 9.59 Å². The Bertz CT molecular complexity index is 169. The summed E-state index contributed by atoms with van der Waals surface area (Å²) in [6.07, 6.45) is -1.14. The predicted molar refractivity (Wildman–Crippen MR) is 41.4 cm³/mol. The molecule has 0 spiro atoms. The summed E-state index contributed by atoms with van der Waals surface area (Å²) >= 11 is 0. The van der Waals surface area contributed by atoms with Crippen LogP contribution >= 0.6 is 0 Å². The molecule has 3 N–H and O–H groups in total. The summed E-state index contributed by atoms with van der Waals surface area (Å²) in [4.78, 5) is 21.1. The molecular weight excluding hydrogens is 162 g/mol. The van der Waals surface area contributed by atoms with Crippen LogP contribution in [0.15, 0.2) is 0 Å². The largest absolute Gasteiger partial charge is 0.394 e. The third kappa shape index (κ3) is 5.82. The number of ketones is 1. The lowest BCUT2D eigenvalue weighted by atomic mass is 10.3. The molecule has 5 heteroatoms. The smallest absolute Gasteiger partial charge is 0.227 e. The highest BCUT2D eigenvalue weighted by Gasteiger charge is 2.06. The van der Waals surface area contributed by atoms with Gasteiger partial charge in [0, 0.05) is 6.54 Å². The first-order valence-corrected chi connectivity index (χ1v) is 3.61. The van der Waals surface area contributed by atoms with Crippen LogP contribution in [-0.4, -0.2) is 41.2 Å². The minimum atomic E-state index is -0.957. The van der Waals surface area contributed by atoms with Crippen molar-refractivity contribution in [2.75, 3.05) is 13.2 Å². The third-order valence-electron chi connectivity index (χ3n) is 1.16. The molecule has 0 rings (SSSR count). The molecule has 1 amide bonds. The Morgan fingerprint density at radius 3 is 2.50 bits per heavy atom. The molecule has 0 saturated carbocycles. The maximum atomic E-state index is 10.7. The average Bonchev–Trinajstić information content (AvgIpc) is 1.99. The second kappa shape index (κ2) is 5.68. The average molecular weight is 175 g/mol. The fourth-order valence-corrected chi connectivity index (χ4v) is 0.585. The fraction of sp³-hybridized carbons (Fsp3) is 0.714. The molecule has 0 fully saturated rings. The van der Waals surface area contributed by atoms with Crippen molar-refractivity contribution >= 4 is 11.7 Å². The van der Waals surface area contributed by atoms with Crippen LogP contribution in [0.2, 0.25) is 0 Å². The summed E-state index contributed by atoms with van der Waals surface area (Å²) in [5.74, 6) is -0.666. The SMILES string of the molecule is CC(=O)CC(=O)NCC(O)CO. The predicted octanol–water partition coefficient (Wildman–Crippen LogP) is -1.57. The van der Waals surface area contributed by atoms with Crippen LogP contribution in [-0.2, 0) is 9.59 Å². The van der Waals surface area contributed by atoms with Gasteiger partial charge >= 0.3 is 0 Å². The van der Waals surface area contributed by atoms with Gasteiger partial charge in [-0.3, -0.25) is 9.59 Å². The van der Waals surface area contributed by atoms with Gasteiger partial charge in [-0.05, 0) is 6.92 Å². The molecule has 0 radical (unpaired) electrons. The van der Waals surface area contributed by atoms with Crippen LogP contribution in [0.25, 0.3) is 0 Å². The molecule has 5 nitrogen and oxygen atoms in total. The summed E-state index contributed by atoms with van der Waals surface area (Å²) in [5, 5.41) is 19.4. The quantitative estimate of drug-likeness (QED) is 0.441. The highest BCUT2D eigenvalue weighted by Crippen LogP contribution is 1.83. The number of amides is 1. The van der Waals surface area contributed by atoms with Crippen molar-refractivity contribution < 1.29 is 19.8 Å². The zero-order valence-electron chi connectivity index (χ0n) is 6.91. The van der Waals surface area contributed by atoms with E-state index < -0.39 is 18.6 Å². The number of carbonyl (C=O) groups is 2. The maximum Gasteiger partial charge on any atom is 0.227 e. The molecule has 0 aromatic rings. The van der Waals surface area contributed by atoms with Crippen LogP contribution in [0.4, 0.5) is 0 Å². The van der Waals surface area contributed by atoms with Gasteiger partial charge in [-0.1, -0.05) is 0 Å². The second-order valence-corrected chi connectivity index (χ2v) is 2.52. The molecule has 0 heterocycles. The highest BCUT2D eigenvalue weighted by molar-refractivity contribution is 5.96. The second-order valence-electron chi connectivity index (χ2n) is 2.52. The van der Waals surface area contributed by atoms with Crippen LogP contribution in [0, 0.1) is 0 Å². The van der Waals surface area contributed by atoms with E-state index >= 15 is 0 Å². The zero-order chi connectivity index (χ0) is 9.56. The lowest BCUT2D eigenvalue weighted by molar-refractivity contribution is -0.127. The molecule has 70 valence electrons. The van der Waals surface area contributed by atoms with Gasteiger partial charge in [0.15, 0.2) is 0 Å². The Balaban J connectivity index is 3.50. The number of hydrogen-bond donors (Lipinski definition) is 3. The number of rotatable bonds is 5. The molecular formula is C7H13NO4. The standard InChI is InChI=1S/C7H13NO4/c1-5(10)2-7(12)8-3-6(11)4-9/h6,9,11H,2-4H2,1H3,(H,8,12). The molecule has 0 aromatic heterocycles. The summed E-state index contributed by atoms with van der Waals surface area (Å²) in [6, 6.07) is 0. The minimum Gasteiger partial charge on any atom is -0.394 e. The number of Topliss-reactive ketones (excluding diaryl/α,β-unsaturated/α-hetero) is 1. The number of carbonyl (C=O) groups excluding carboxylic acids is 2. The lowest BCUT2D eigenvalue weighted by Crippen LogP contribution is -2.34. The van der Waals surface area contributed by atoms with Crippen molar-refractivity contribution in [1.29, 1.82) is 0 Å². The van der Waals surface area contributed by atoms with E-state index in [4.69, 9.17) is 10.2 Å². The monoisotopic (exact) mass is 175 g/mol. The Morgan fingerprint density at radius 1 is 1.50 bits per heavy atom. The lowest BCUT2D eigenvalue weighted by Gasteiger charge is -2.07. The van der Waals surface area contributed by atoms with E-state index in [1.54, 1.807) is 0 Å². The Morgan fingerprint density at radius 2 is 2.08 bits per heavy atom. The van der Waals surface area contributed by atoms with E-state index in [0.717, 1.165) is 0 Å². The van der Waals surface area contributed by atoms with Crippen LogP contribution < -0.4 is 5.32 Å². The molecule has 12 heavy (non-hydrogen) atoms. The summed E-state index contributed by atoms with van der Waals surface area (Å²) in [5.41, 5.74) is 0. The molecule has 0 saturated heterocycles. The maximum absolute atomic E-state index is 10.7. The van der Waals surface area contributed by atoms with Crippen molar-refractivity contribution in [3.63, 3.8) is 0 Å². The molecule has 0 aliphatic carbocycles. The van der Waals surface area contributed by atoms with Crippen molar-refractivity contribution in [2.24, 2.45) is 0 Å². The molecule has 1 unspecified atom stereocenters. The van der Waals surface area contributed by atoms with Crippen molar-refractivity contribution in [1.82, 2.24) is 5.32 Å². The van der Waals surface area contributed by atoms with E-state index in [-0.39, 0.29) is 18.7 Å². The van der Waals surface area contributed by atoms with Gasteiger partial charge in [-0.25, -0.2) is 0 Å². The molecule has 0 aliphatic heterocycles. The number of hydrogen-bond acceptors (Lipinski definition) is 4.